The summed E-state index contributed by atoms with van der Waals surface area (Å²) in [6, 6.07) is 0.0572. The number of nitrogens with one attached hydrogen (secondary N) is 1. The number of thiazole rings is 1. The number of ether oxygens (including phenoxy) is 2. The molecular weight excluding hydrogens is 226 g/mol. The molecule has 90 valence electrons. The SMILES string of the molecule is Cc1nc(CC(NN)C2COCCO2)cs1. The molecule has 16 heavy (non-hydrogen) atoms. The maximum Gasteiger partial charge on any atom is 0.0979 e. The third-order valence-corrected chi connectivity index (χ3v) is 3.42. The average Bonchev–Trinajstić information content (AvgIpc) is 2.73. The van der Waals surface area contributed by atoms with E-state index in [4.69, 9.17) is 15.3 Å². The molecule has 1 aromatic heterocycles. The van der Waals surface area contributed by atoms with Crippen LogP contribution in [0, 0.1) is 6.92 Å². The first kappa shape index (κ1) is 11.9. The van der Waals surface area contributed by atoms with Crippen molar-refractivity contribution in [2.45, 2.75) is 25.5 Å². The number of hydrazine groups is 1. The van der Waals surface area contributed by atoms with Gasteiger partial charge in [-0.15, -0.1) is 11.3 Å². The van der Waals surface area contributed by atoms with Gasteiger partial charge in [0.05, 0.1) is 42.7 Å². The first-order chi connectivity index (χ1) is 7.79. The highest BCUT2D eigenvalue weighted by Crippen LogP contribution is 2.13. The molecule has 5 nitrogen and oxygen atoms in total. The van der Waals surface area contributed by atoms with Gasteiger partial charge in [-0.25, -0.2) is 4.98 Å². The highest BCUT2D eigenvalue weighted by Gasteiger charge is 2.25. The molecule has 0 radical (unpaired) electrons. The van der Waals surface area contributed by atoms with Crippen LogP contribution in [-0.4, -0.2) is 37.0 Å². The molecule has 6 heteroatoms. The van der Waals surface area contributed by atoms with Crippen LogP contribution in [0.4, 0.5) is 0 Å². The molecule has 0 spiro atoms. The Morgan fingerprint density at radius 1 is 1.69 bits per heavy atom. The van der Waals surface area contributed by atoms with Crippen molar-refractivity contribution in [1.82, 2.24) is 10.4 Å². The summed E-state index contributed by atoms with van der Waals surface area (Å²) in [7, 11) is 0. The lowest BCUT2D eigenvalue weighted by Gasteiger charge is -2.29. The molecule has 1 aliphatic heterocycles. The molecule has 0 amide bonds. The lowest BCUT2D eigenvalue weighted by molar-refractivity contribution is -0.101. The minimum Gasteiger partial charge on any atom is -0.376 e. The van der Waals surface area contributed by atoms with Crippen LogP contribution in [0.2, 0.25) is 0 Å². The van der Waals surface area contributed by atoms with Crippen molar-refractivity contribution in [1.29, 1.82) is 0 Å². The molecule has 0 aromatic carbocycles. The second-order valence-electron chi connectivity index (χ2n) is 3.82. The van der Waals surface area contributed by atoms with Crippen molar-refractivity contribution in [3.63, 3.8) is 0 Å². The lowest BCUT2D eigenvalue weighted by atomic mass is 10.1. The summed E-state index contributed by atoms with van der Waals surface area (Å²) < 4.78 is 11.0. The van der Waals surface area contributed by atoms with E-state index in [1.165, 1.54) is 0 Å². The van der Waals surface area contributed by atoms with Gasteiger partial charge in [0.25, 0.3) is 0 Å². The Balaban J connectivity index is 1.94. The molecule has 1 aliphatic rings. The Morgan fingerprint density at radius 2 is 2.56 bits per heavy atom. The third-order valence-electron chi connectivity index (χ3n) is 2.60. The molecule has 2 atom stereocenters. The van der Waals surface area contributed by atoms with Gasteiger partial charge in [0.2, 0.25) is 0 Å². The van der Waals surface area contributed by atoms with Crippen LogP contribution in [0.15, 0.2) is 5.38 Å². The first-order valence-corrected chi connectivity index (χ1v) is 6.24. The van der Waals surface area contributed by atoms with Gasteiger partial charge in [-0.3, -0.25) is 11.3 Å². The minimum atomic E-state index is 0.0146. The van der Waals surface area contributed by atoms with Crippen molar-refractivity contribution in [2.24, 2.45) is 5.84 Å². The zero-order valence-corrected chi connectivity index (χ0v) is 10.1. The van der Waals surface area contributed by atoms with E-state index in [1.54, 1.807) is 11.3 Å². The fraction of sp³-hybridized carbons (Fsp3) is 0.700. The fourth-order valence-electron chi connectivity index (χ4n) is 1.76. The minimum absolute atomic E-state index is 0.0146. The van der Waals surface area contributed by atoms with E-state index in [0.717, 1.165) is 17.1 Å². The summed E-state index contributed by atoms with van der Waals surface area (Å²) in [5.41, 5.74) is 3.84. The predicted molar refractivity (Wildman–Crippen MR) is 62.2 cm³/mol. The van der Waals surface area contributed by atoms with E-state index in [2.05, 4.69) is 15.8 Å². The molecule has 3 N–H and O–H groups in total. The van der Waals surface area contributed by atoms with Crippen LogP contribution < -0.4 is 11.3 Å². The highest BCUT2D eigenvalue weighted by atomic mass is 32.1. The van der Waals surface area contributed by atoms with Gasteiger partial charge < -0.3 is 9.47 Å². The van der Waals surface area contributed by atoms with E-state index in [1.807, 2.05) is 6.92 Å². The Bertz CT molecular complexity index is 326. The van der Waals surface area contributed by atoms with Crippen LogP contribution in [0.5, 0.6) is 0 Å². The van der Waals surface area contributed by atoms with Gasteiger partial charge in [-0.1, -0.05) is 0 Å². The maximum atomic E-state index is 5.62. The monoisotopic (exact) mass is 243 g/mol. The molecule has 2 heterocycles. The smallest absolute Gasteiger partial charge is 0.0979 e. The zero-order valence-electron chi connectivity index (χ0n) is 9.31. The third kappa shape index (κ3) is 2.99. The number of nitrogens with two attached hydrogens (primary N) is 1. The number of hydrogen-bond acceptors (Lipinski definition) is 6. The normalized spacial score (nSPS) is 23.2. The molecule has 0 bridgehead atoms. The highest BCUT2D eigenvalue weighted by molar-refractivity contribution is 7.09. The summed E-state index contributed by atoms with van der Waals surface area (Å²) in [6.45, 7) is 3.90. The van der Waals surface area contributed by atoms with E-state index in [0.29, 0.717) is 19.8 Å². The fourth-order valence-corrected chi connectivity index (χ4v) is 2.39. The van der Waals surface area contributed by atoms with Crippen LogP contribution in [0.3, 0.4) is 0 Å². The standard InChI is InChI=1S/C10H17N3O2S/c1-7-12-8(6-16-7)4-9(13-11)10-5-14-2-3-15-10/h6,9-10,13H,2-5,11H2,1H3. The molecule has 2 unspecified atom stereocenters. The van der Waals surface area contributed by atoms with Gasteiger partial charge in [0, 0.05) is 11.8 Å². The Kier molecular flexibility index (Phi) is 4.25. The quantitative estimate of drug-likeness (QED) is 0.585. The van der Waals surface area contributed by atoms with E-state index >= 15 is 0 Å². The second-order valence-corrected chi connectivity index (χ2v) is 4.88. The van der Waals surface area contributed by atoms with Crippen LogP contribution in [-0.2, 0) is 15.9 Å². The van der Waals surface area contributed by atoms with E-state index in [9.17, 15) is 0 Å². The topological polar surface area (TPSA) is 69.4 Å². The summed E-state index contributed by atoms with van der Waals surface area (Å²) >= 11 is 1.65. The summed E-state index contributed by atoms with van der Waals surface area (Å²) in [5, 5.41) is 3.13. The van der Waals surface area contributed by atoms with Crippen LogP contribution in [0.25, 0.3) is 0 Å². The molecule has 1 saturated heterocycles. The number of hydrogen-bond donors (Lipinski definition) is 2. The van der Waals surface area contributed by atoms with Gasteiger partial charge in [0.1, 0.15) is 0 Å². The van der Waals surface area contributed by atoms with Crippen molar-refractivity contribution in [3.8, 4) is 0 Å². The van der Waals surface area contributed by atoms with Crippen molar-refractivity contribution >= 4 is 11.3 Å². The van der Waals surface area contributed by atoms with E-state index < -0.39 is 0 Å². The average molecular weight is 243 g/mol. The summed E-state index contributed by atoms with van der Waals surface area (Å²) in [5.74, 6) is 5.55. The molecule has 0 aliphatic carbocycles. The van der Waals surface area contributed by atoms with E-state index in [-0.39, 0.29) is 12.1 Å². The van der Waals surface area contributed by atoms with Crippen molar-refractivity contribution in [2.75, 3.05) is 19.8 Å². The summed E-state index contributed by atoms with van der Waals surface area (Å²) in [6.07, 6.45) is 0.787. The molecule has 1 fully saturated rings. The largest absolute Gasteiger partial charge is 0.376 e. The molecular formula is C10H17N3O2S. The number of rotatable bonds is 4. The van der Waals surface area contributed by atoms with Gasteiger partial charge >= 0.3 is 0 Å². The molecule has 0 saturated carbocycles. The Labute approximate surface area is 98.9 Å². The van der Waals surface area contributed by atoms with Crippen molar-refractivity contribution in [3.05, 3.63) is 16.1 Å². The molecule has 2 rings (SSSR count). The first-order valence-electron chi connectivity index (χ1n) is 5.36. The zero-order chi connectivity index (χ0) is 11.4. The van der Waals surface area contributed by atoms with Crippen molar-refractivity contribution < 1.29 is 9.47 Å². The number of nitrogens with zero attached hydrogens (tertiary/aromatic N) is 1. The lowest BCUT2D eigenvalue weighted by Crippen LogP contribution is -2.50. The van der Waals surface area contributed by atoms with Gasteiger partial charge in [-0.2, -0.15) is 0 Å². The summed E-state index contributed by atoms with van der Waals surface area (Å²) in [4.78, 5) is 4.42. The Hall–Kier alpha value is -0.530. The van der Waals surface area contributed by atoms with Gasteiger partial charge in [0.15, 0.2) is 0 Å². The number of aryl methyl sites for hydroxylation is 1. The maximum absolute atomic E-state index is 5.62. The van der Waals surface area contributed by atoms with Gasteiger partial charge in [-0.05, 0) is 6.92 Å². The van der Waals surface area contributed by atoms with Crippen LogP contribution in [0.1, 0.15) is 10.7 Å². The van der Waals surface area contributed by atoms with Crippen LogP contribution >= 0.6 is 11.3 Å². The Morgan fingerprint density at radius 3 is 3.12 bits per heavy atom. The predicted octanol–water partition coefficient (Wildman–Crippen LogP) is 0.241. The number of aromatic nitrogens is 1. The molecule has 1 aromatic rings. The second kappa shape index (κ2) is 5.70.